The van der Waals surface area contributed by atoms with Gasteiger partial charge in [0.1, 0.15) is 0 Å². The number of rotatable bonds is 5. The van der Waals surface area contributed by atoms with Crippen LogP contribution in [0.1, 0.15) is 25.7 Å². The number of morpholine rings is 1. The molecule has 0 unspecified atom stereocenters. The van der Waals surface area contributed by atoms with E-state index in [1.54, 1.807) is 0 Å². The Morgan fingerprint density at radius 1 is 1.24 bits per heavy atom. The van der Waals surface area contributed by atoms with Crippen LogP contribution in [0.5, 0.6) is 0 Å². The van der Waals surface area contributed by atoms with Crippen molar-refractivity contribution >= 4 is 0 Å². The van der Waals surface area contributed by atoms with E-state index in [0.717, 1.165) is 39.4 Å². The fourth-order valence-corrected chi connectivity index (χ4v) is 2.85. The van der Waals surface area contributed by atoms with Gasteiger partial charge in [0.05, 0.1) is 25.8 Å². The highest BCUT2D eigenvalue weighted by atomic mass is 16.5. The zero-order chi connectivity index (χ0) is 11.9. The number of hydrogen-bond acceptors (Lipinski definition) is 4. The molecule has 1 aliphatic carbocycles. The van der Waals surface area contributed by atoms with Crippen molar-refractivity contribution in [3.8, 4) is 6.07 Å². The molecule has 0 atom stereocenters. The van der Waals surface area contributed by atoms with Gasteiger partial charge in [-0.15, -0.1) is 0 Å². The summed E-state index contributed by atoms with van der Waals surface area (Å²) in [6, 6.07) is 2.98. The molecule has 0 aromatic heterocycles. The zero-order valence-electron chi connectivity index (χ0n) is 10.6. The van der Waals surface area contributed by atoms with Crippen LogP contribution in [0.2, 0.25) is 0 Å². The molecule has 0 radical (unpaired) electrons. The van der Waals surface area contributed by atoms with E-state index < -0.39 is 0 Å². The van der Waals surface area contributed by atoms with Gasteiger partial charge in [0.15, 0.2) is 0 Å². The first kappa shape index (κ1) is 12.8. The quantitative estimate of drug-likeness (QED) is 0.671. The summed E-state index contributed by atoms with van der Waals surface area (Å²) in [5, 5.41) is 8.91. The molecule has 0 amide bonds. The van der Waals surface area contributed by atoms with Gasteiger partial charge in [-0.3, -0.25) is 9.80 Å². The average Bonchev–Trinajstić information content (AvgIpc) is 2.89. The summed E-state index contributed by atoms with van der Waals surface area (Å²) in [4.78, 5) is 4.82. The maximum Gasteiger partial charge on any atom is 0.0868 e. The van der Waals surface area contributed by atoms with Crippen molar-refractivity contribution in [3.05, 3.63) is 0 Å². The number of nitrogens with zero attached hydrogens (tertiary/aromatic N) is 3. The van der Waals surface area contributed by atoms with Crippen molar-refractivity contribution in [3.63, 3.8) is 0 Å². The predicted octanol–water partition coefficient (Wildman–Crippen LogP) is 1.09. The van der Waals surface area contributed by atoms with Gasteiger partial charge >= 0.3 is 0 Å². The minimum atomic E-state index is 0.592. The first-order chi connectivity index (χ1) is 8.40. The molecule has 2 aliphatic rings. The smallest absolute Gasteiger partial charge is 0.0868 e. The van der Waals surface area contributed by atoms with E-state index in [9.17, 15) is 0 Å². The number of nitriles is 1. The van der Waals surface area contributed by atoms with Gasteiger partial charge < -0.3 is 4.74 Å². The van der Waals surface area contributed by atoms with Crippen LogP contribution >= 0.6 is 0 Å². The predicted molar refractivity (Wildman–Crippen MR) is 66.7 cm³/mol. The SMILES string of the molecule is N#CCN(CCN1CCOCC1)C1CCCC1. The van der Waals surface area contributed by atoms with E-state index in [0.29, 0.717) is 12.6 Å². The molecule has 4 nitrogen and oxygen atoms in total. The highest BCUT2D eigenvalue weighted by Crippen LogP contribution is 2.23. The molecule has 1 saturated carbocycles. The number of hydrogen-bond donors (Lipinski definition) is 0. The molecular weight excluding hydrogens is 214 g/mol. The second-order valence-corrected chi connectivity index (χ2v) is 5.02. The molecular formula is C13H23N3O. The van der Waals surface area contributed by atoms with E-state index in [1.165, 1.54) is 25.7 Å². The molecule has 1 saturated heterocycles. The lowest BCUT2D eigenvalue weighted by molar-refractivity contribution is 0.0318. The Morgan fingerprint density at radius 2 is 1.94 bits per heavy atom. The standard InChI is InChI=1S/C13H23N3O/c14-5-6-16(13-3-1-2-4-13)8-7-15-9-11-17-12-10-15/h13H,1-4,6-12H2. The first-order valence-corrected chi connectivity index (χ1v) is 6.81. The maximum atomic E-state index is 8.91. The molecule has 0 spiro atoms. The van der Waals surface area contributed by atoms with Crippen LogP contribution < -0.4 is 0 Å². The Labute approximate surface area is 104 Å². The molecule has 1 heterocycles. The van der Waals surface area contributed by atoms with Crippen LogP contribution in [0, 0.1) is 11.3 Å². The van der Waals surface area contributed by atoms with Gasteiger partial charge in [-0.05, 0) is 12.8 Å². The Kier molecular flexibility index (Phi) is 5.24. The van der Waals surface area contributed by atoms with Gasteiger partial charge in [-0.1, -0.05) is 12.8 Å². The molecule has 96 valence electrons. The Hall–Kier alpha value is -0.630. The third kappa shape index (κ3) is 3.95. The summed E-state index contributed by atoms with van der Waals surface area (Å²) in [6.07, 6.45) is 5.24. The van der Waals surface area contributed by atoms with Crippen LogP contribution in [-0.2, 0) is 4.74 Å². The fourth-order valence-electron chi connectivity index (χ4n) is 2.85. The minimum absolute atomic E-state index is 0.592. The lowest BCUT2D eigenvalue weighted by Crippen LogP contribution is -2.44. The Balaban J connectivity index is 1.74. The van der Waals surface area contributed by atoms with Crippen LogP contribution in [0.3, 0.4) is 0 Å². The summed E-state index contributed by atoms with van der Waals surface area (Å²) in [7, 11) is 0. The van der Waals surface area contributed by atoms with Crippen LogP contribution in [-0.4, -0.2) is 61.8 Å². The summed E-state index contributed by atoms with van der Waals surface area (Å²) in [6.45, 7) is 6.54. The molecule has 1 aliphatic heterocycles. The lowest BCUT2D eigenvalue weighted by Gasteiger charge is -2.31. The van der Waals surface area contributed by atoms with Crippen molar-refractivity contribution in [1.29, 1.82) is 5.26 Å². The lowest BCUT2D eigenvalue weighted by atomic mass is 10.2. The highest BCUT2D eigenvalue weighted by molar-refractivity contribution is 4.85. The van der Waals surface area contributed by atoms with E-state index in [2.05, 4.69) is 15.9 Å². The van der Waals surface area contributed by atoms with Crippen LogP contribution in [0.4, 0.5) is 0 Å². The van der Waals surface area contributed by atoms with E-state index >= 15 is 0 Å². The largest absolute Gasteiger partial charge is 0.379 e. The Morgan fingerprint density at radius 3 is 2.59 bits per heavy atom. The van der Waals surface area contributed by atoms with E-state index in [-0.39, 0.29) is 0 Å². The van der Waals surface area contributed by atoms with Gasteiger partial charge in [-0.2, -0.15) is 5.26 Å². The highest BCUT2D eigenvalue weighted by Gasteiger charge is 2.22. The molecule has 2 rings (SSSR count). The fraction of sp³-hybridized carbons (Fsp3) is 0.923. The maximum absolute atomic E-state index is 8.91. The van der Waals surface area contributed by atoms with E-state index in [4.69, 9.17) is 10.00 Å². The summed E-state index contributed by atoms with van der Waals surface area (Å²) >= 11 is 0. The monoisotopic (exact) mass is 237 g/mol. The second kappa shape index (κ2) is 6.95. The summed E-state index contributed by atoms with van der Waals surface area (Å²) in [5.74, 6) is 0. The second-order valence-electron chi connectivity index (χ2n) is 5.02. The van der Waals surface area contributed by atoms with Gasteiger partial charge in [0.25, 0.3) is 0 Å². The molecule has 0 bridgehead atoms. The minimum Gasteiger partial charge on any atom is -0.379 e. The summed E-state index contributed by atoms with van der Waals surface area (Å²) < 4.78 is 5.35. The zero-order valence-corrected chi connectivity index (χ0v) is 10.6. The van der Waals surface area contributed by atoms with Crippen molar-refractivity contribution in [2.75, 3.05) is 45.9 Å². The van der Waals surface area contributed by atoms with Crippen molar-refractivity contribution < 1.29 is 4.74 Å². The molecule has 0 aromatic rings. The van der Waals surface area contributed by atoms with Gasteiger partial charge in [0, 0.05) is 32.2 Å². The van der Waals surface area contributed by atoms with Gasteiger partial charge in [-0.25, -0.2) is 0 Å². The molecule has 4 heteroatoms. The topological polar surface area (TPSA) is 39.5 Å². The van der Waals surface area contributed by atoms with Crippen LogP contribution in [0.15, 0.2) is 0 Å². The van der Waals surface area contributed by atoms with Crippen LogP contribution in [0.25, 0.3) is 0 Å². The average molecular weight is 237 g/mol. The molecule has 2 fully saturated rings. The van der Waals surface area contributed by atoms with Crippen molar-refractivity contribution in [2.45, 2.75) is 31.7 Å². The van der Waals surface area contributed by atoms with Gasteiger partial charge in [0.2, 0.25) is 0 Å². The Bertz CT molecular complexity index is 252. The molecule has 17 heavy (non-hydrogen) atoms. The van der Waals surface area contributed by atoms with Crippen molar-refractivity contribution in [2.24, 2.45) is 0 Å². The third-order valence-corrected chi connectivity index (χ3v) is 3.92. The first-order valence-electron chi connectivity index (χ1n) is 6.81. The van der Waals surface area contributed by atoms with Crippen molar-refractivity contribution in [1.82, 2.24) is 9.80 Å². The normalized spacial score (nSPS) is 23.1. The van der Waals surface area contributed by atoms with E-state index in [1.807, 2.05) is 0 Å². The molecule has 0 N–H and O–H groups in total. The number of ether oxygens (including phenoxy) is 1. The summed E-state index contributed by atoms with van der Waals surface area (Å²) in [5.41, 5.74) is 0. The molecule has 0 aromatic carbocycles. The third-order valence-electron chi connectivity index (χ3n) is 3.92.